The van der Waals surface area contributed by atoms with Gasteiger partial charge in [-0.3, -0.25) is 4.90 Å². The molecule has 3 rings (SSSR count). The van der Waals surface area contributed by atoms with Gasteiger partial charge in [-0.2, -0.15) is 0 Å². The van der Waals surface area contributed by atoms with Crippen molar-refractivity contribution >= 4 is 0 Å². The summed E-state index contributed by atoms with van der Waals surface area (Å²) in [5.41, 5.74) is 1.16. The number of rotatable bonds is 1. The fourth-order valence-electron chi connectivity index (χ4n) is 2.91. The van der Waals surface area contributed by atoms with Gasteiger partial charge in [-0.15, -0.1) is 0 Å². The third-order valence-corrected chi connectivity index (χ3v) is 3.77. The topological polar surface area (TPSA) is 33.1 Å². The van der Waals surface area contributed by atoms with Crippen molar-refractivity contribution in [1.82, 2.24) is 19.8 Å². The molecule has 0 saturated carbocycles. The van der Waals surface area contributed by atoms with Crippen molar-refractivity contribution < 1.29 is 0 Å². The second kappa shape index (κ2) is 4.18. The first-order chi connectivity index (χ1) is 7.83. The van der Waals surface area contributed by atoms with Crippen molar-refractivity contribution in [2.45, 2.75) is 32.4 Å². The Morgan fingerprint density at radius 3 is 2.94 bits per heavy atom. The molecule has 1 saturated heterocycles. The van der Waals surface area contributed by atoms with Gasteiger partial charge in [0.15, 0.2) is 0 Å². The minimum absolute atomic E-state index is 0.719. The highest BCUT2D eigenvalue weighted by Crippen LogP contribution is 2.19. The first-order valence-corrected chi connectivity index (χ1v) is 6.30. The van der Waals surface area contributed by atoms with Gasteiger partial charge in [0.05, 0.1) is 5.69 Å². The summed E-state index contributed by atoms with van der Waals surface area (Å²) in [6, 6.07) is 0.719. The summed E-state index contributed by atoms with van der Waals surface area (Å²) < 4.78 is 2.33. The minimum atomic E-state index is 0.719. The average Bonchev–Trinajstić information content (AvgIpc) is 2.69. The van der Waals surface area contributed by atoms with E-state index in [2.05, 4.69) is 32.9 Å². The molecule has 0 spiro atoms. The lowest BCUT2D eigenvalue weighted by Crippen LogP contribution is -2.50. The highest BCUT2D eigenvalue weighted by atomic mass is 15.2. The molecular formula is C12H20N4. The first-order valence-electron chi connectivity index (χ1n) is 6.30. The molecule has 0 radical (unpaired) electrons. The van der Waals surface area contributed by atoms with Gasteiger partial charge in [-0.1, -0.05) is 0 Å². The zero-order chi connectivity index (χ0) is 11.0. The molecule has 4 heteroatoms. The Balaban J connectivity index is 1.71. The molecule has 0 aliphatic carbocycles. The van der Waals surface area contributed by atoms with Crippen LogP contribution in [0.5, 0.6) is 0 Å². The average molecular weight is 220 g/mol. The van der Waals surface area contributed by atoms with Gasteiger partial charge in [0.25, 0.3) is 0 Å². The van der Waals surface area contributed by atoms with Crippen LogP contribution in [0.2, 0.25) is 0 Å². The van der Waals surface area contributed by atoms with Crippen molar-refractivity contribution in [1.29, 1.82) is 0 Å². The van der Waals surface area contributed by atoms with Crippen molar-refractivity contribution in [3.63, 3.8) is 0 Å². The number of aromatic nitrogens is 2. The smallest absolute Gasteiger partial charge is 0.110 e. The molecule has 0 aromatic carbocycles. The van der Waals surface area contributed by atoms with E-state index in [0.29, 0.717) is 0 Å². The highest BCUT2D eigenvalue weighted by molar-refractivity contribution is 5.06. The van der Waals surface area contributed by atoms with Crippen molar-refractivity contribution in [3.05, 3.63) is 17.7 Å². The fourth-order valence-corrected chi connectivity index (χ4v) is 2.91. The van der Waals surface area contributed by atoms with Crippen LogP contribution in [-0.2, 0) is 13.0 Å². The lowest BCUT2D eigenvalue weighted by molar-refractivity contribution is 0.147. The van der Waals surface area contributed by atoms with Crippen LogP contribution >= 0.6 is 0 Å². The van der Waals surface area contributed by atoms with E-state index in [9.17, 15) is 0 Å². The van der Waals surface area contributed by atoms with E-state index in [1.54, 1.807) is 0 Å². The quantitative estimate of drug-likeness (QED) is 0.744. The van der Waals surface area contributed by atoms with Gasteiger partial charge in [0, 0.05) is 51.4 Å². The predicted molar refractivity (Wildman–Crippen MR) is 63.5 cm³/mol. The summed E-state index contributed by atoms with van der Waals surface area (Å²) in [5.74, 6) is 1.28. The molecule has 1 N–H and O–H groups in total. The molecule has 16 heavy (non-hydrogen) atoms. The molecular weight excluding hydrogens is 200 g/mol. The van der Waals surface area contributed by atoms with Gasteiger partial charge in [-0.25, -0.2) is 4.98 Å². The number of fused-ring (bicyclic) bond motifs is 1. The van der Waals surface area contributed by atoms with Crippen LogP contribution in [0.4, 0.5) is 0 Å². The minimum Gasteiger partial charge on any atom is -0.335 e. The van der Waals surface area contributed by atoms with Gasteiger partial charge in [-0.05, 0) is 13.3 Å². The summed E-state index contributed by atoms with van der Waals surface area (Å²) in [6.45, 7) is 7.92. The fraction of sp³-hybridized carbons (Fsp3) is 0.750. The SMILES string of the molecule is Cc1cn2c(n1)CC(N1CCNCC1)CC2. The van der Waals surface area contributed by atoms with Gasteiger partial charge in [0.1, 0.15) is 5.82 Å². The van der Waals surface area contributed by atoms with Crippen LogP contribution in [0, 0.1) is 6.92 Å². The van der Waals surface area contributed by atoms with Gasteiger partial charge < -0.3 is 9.88 Å². The molecule has 2 aliphatic heterocycles. The van der Waals surface area contributed by atoms with E-state index in [-0.39, 0.29) is 0 Å². The van der Waals surface area contributed by atoms with E-state index in [1.807, 2.05) is 0 Å². The van der Waals surface area contributed by atoms with Gasteiger partial charge >= 0.3 is 0 Å². The maximum absolute atomic E-state index is 4.62. The molecule has 0 bridgehead atoms. The number of nitrogens with one attached hydrogen (secondary N) is 1. The Labute approximate surface area is 96.7 Å². The zero-order valence-corrected chi connectivity index (χ0v) is 9.95. The number of hydrogen-bond acceptors (Lipinski definition) is 3. The molecule has 1 fully saturated rings. The molecule has 3 heterocycles. The van der Waals surface area contributed by atoms with Crippen LogP contribution in [0.25, 0.3) is 0 Å². The van der Waals surface area contributed by atoms with Crippen molar-refractivity contribution in [3.8, 4) is 0 Å². The number of imidazole rings is 1. The van der Waals surface area contributed by atoms with E-state index in [4.69, 9.17) is 0 Å². The zero-order valence-electron chi connectivity index (χ0n) is 9.95. The van der Waals surface area contributed by atoms with Crippen molar-refractivity contribution in [2.75, 3.05) is 26.2 Å². The Bertz CT molecular complexity index is 365. The molecule has 1 unspecified atom stereocenters. The molecule has 2 aliphatic rings. The number of nitrogens with zero attached hydrogens (tertiary/aromatic N) is 3. The summed E-state index contributed by atoms with van der Waals surface area (Å²) in [6.07, 6.45) is 4.60. The van der Waals surface area contributed by atoms with Crippen LogP contribution in [0.3, 0.4) is 0 Å². The molecule has 1 atom stereocenters. The van der Waals surface area contributed by atoms with Crippen LogP contribution < -0.4 is 5.32 Å². The van der Waals surface area contributed by atoms with Crippen molar-refractivity contribution in [2.24, 2.45) is 0 Å². The number of aryl methyl sites for hydroxylation is 2. The lowest BCUT2D eigenvalue weighted by Gasteiger charge is -2.37. The Kier molecular flexibility index (Phi) is 2.69. The second-order valence-corrected chi connectivity index (χ2v) is 4.92. The summed E-state index contributed by atoms with van der Waals surface area (Å²) >= 11 is 0. The molecule has 0 amide bonds. The van der Waals surface area contributed by atoms with E-state index in [0.717, 1.165) is 37.8 Å². The Morgan fingerprint density at radius 1 is 1.31 bits per heavy atom. The summed E-state index contributed by atoms with van der Waals surface area (Å²) in [5, 5.41) is 3.41. The second-order valence-electron chi connectivity index (χ2n) is 4.92. The molecule has 88 valence electrons. The molecule has 1 aromatic rings. The van der Waals surface area contributed by atoms with Gasteiger partial charge in [0.2, 0.25) is 0 Å². The third-order valence-electron chi connectivity index (χ3n) is 3.77. The highest BCUT2D eigenvalue weighted by Gasteiger charge is 2.26. The van der Waals surface area contributed by atoms with Crippen LogP contribution in [-0.4, -0.2) is 46.7 Å². The molecule has 1 aromatic heterocycles. The van der Waals surface area contributed by atoms with E-state index < -0.39 is 0 Å². The number of piperazine rings is 1. The third kappa shape index (κ3) is 1.87. The predicted octanol–water partition coefficient (Wildman–Crippen LogP) is 0.412. The van der Waals surface area contributed by atoms with E-state index >= 15 is 0 Å². The maximum atomic E-state index is 4.62. The monoisotopic (exact) mass is 220 g/mol. The van der Waals surface area contributed by atoms with E-state index in [1.165, 1.54) is 25.3 Å². The Morgan fingerprint density at radius 2 is 2.12 bits per heavy atom. The standard InChI is InChI=1S/C12H20N4/c1-10-9-16-5-2-11(8-12(16)14-10)15-6-3-13-4-7-15/h9,11,13H,2-8H2,1H3. The number of hydrogen-bond donors (Lipinski definition) is 1. The first kappa shape index (κ1) is 10.3. The van der Waals surface area contributed by atoms with Crippen LogP contribution in [0.1, 0.15) is 17.9 Å². The van der Waals surface area contributed by atoms with Crippen LogP contribution in [0.15, 0.2) is 6.20 Å². The normalized spacial score (nSPS) is 26.7. The largest absolute Gasteiger partial charge is 0.335 e. The molecule has 4 nitrogen and oxygen atoms in total. The summed E-state index contributed by atoms with van der Waals surface area (Å²) in [4.78, 5) is 7.25. The Hall–Kier alpha value is -0.870. The lowest BCUT2D eigenvalue weighted by atomic mass is 10.0. The summed E-state index contributed by atoms with van der Waals surface area (Å²) in [7, 11) is 0. The maximum Gasteiger partial charge on any atom is 0.110 e.